The second kappa shape index (κ2) is 6.14. The second-order valence-corrected chi connectivity index (χ2v) is 7.00. The van der Waals surface area contributed by atoms with Gasteiger partial charge in [-0.3, -0.25) is 9.59 Å². The molecule has 0 N–H and O–H groups in total. The van der Waals surface area contributed by atoms with E-state index in [-0.39, 0.29) is 35.5 Å². The number of allylic oxidation sites excluding steroid dienone is 2. The molecular formula is C20H23N3O2. The van der Waals surface area contributed by atoms with E-state index in [4.69, 9.17) is 0 Å². The van der Waals surface area contributed by atoms with Gasteiger partial charge in [0.2, 0.25) is 0 Å². The average molecular weight is 337 g/mol. The molecule has 2 bridgehead atoms. The van der Waals surface area contributed by atoms with Crippen LogP contribution in [0.4, 0.5) is 5.69 Å². The normalized spacial score (nSPS) is 29.9. The Kier molecular flexibility index (Phi) is 3.94. The maximum atomic E-state index is 12.6. The molecule has 4 atom stereocenters. The summed E-state index contributed by atoms with van der Waals surface area (Å²) >= 11 is 0. The van der Waals surface area contributed by atoms with Gasteiger partial charge in [-0.25, -0.2) is 0 Å². The third-order valence-corrected chi connectivity index (χ3v) is 5.79. The summed E-state index contributed by atoms with van der Waals surface area (Å²) in [6.45, 7) is 6.17. The van der Waals surface area contributed by atoms with Gasteiger partial charge >= 0.3 is 0 Å². The van der Waals surface area contributed by atoms with Crippen molar-refractivity contribution in [3.05, 3.63) is 42.0 Å². The van der Waals surface area contributed by atoms with Gasteiger partial charge in [0.1, 0.15) is 0 Å². The smallest absolute Gasteiger partial charge is 0.254 e. The molecule has 5 heteroatoms. The van der Waals surface area contributed by atoms with Crippen molar-refractivity contribution in [1.82, 2.24) is 5.01 Å². The molecule has 1 aliphatic heterocycles. The van der Waals surface area contributed by atoms with Crippen molar-refractivity contribution in [1.29, 1.82) is 0 Å². The molecule has 0 unspecified atom stereocenters. The Hall–Kier alpha value is -2.43. The molecule has 1 saturated heterocycles. The highest BCUT2D eigenvalue weighted by molar-refractivity contribution is 6.06. The zero-order valence-corrected chi connectivity index (χ0v) is 14.6. The molecule has 1 heterocycles. The van der Waals surface area contributed by atoms with Gasteiger partial charge in [0, 0.05) is 18.8 Å². The molecule has 0 radical (unpaired) electrons. The predicted octanol–water partition coefficient (Wildman–Crippen LogP) is 2.67. The summed E-state index contributed by atoms with van der Waals surface area (Å²) in [6, 6.07) is 8.02. The van der Waals surface area contributed by atoms with Gasteiger partial charge in [0.05, 0.1) is 18.1 Å². The molecular weight excluding hydrogens is 314 g/mol. The van der Waals surface area contributed by atoms with Crippen LogP contribution >= 0.6 is 0 Å². The van der Waals surface area contributed by atoms with Gasteiger partial charge in [-0.1, -0.05) is 24.3 Å². The van der Waals surface area contributed by atoms with E-state index in [0.29, 0.717) is 0 Å². The fraction of sp³-hybridized carbons (Fsp3) is 0.450. The summed E-state index contributed by atoms with van der Waals surface area (Å²) in [4.78, 5) is 27.4. The molecule has 2 aliphatic carbocycles. The Balaban J connectivity index is 1.49. The number of benzene rings is 1. The molecule has 0 aromatic heterocycles. The van der Waals surface area contributed by atoms with Crippen molar-refractivity contribution in [3.63, 3.8) is 0 Å². The number of carbonyl (C=O) groups is 2. The summed E-state index contributed by atoms with van der Waals surface area (Å²) in [5.74, 6) is -0.208. The topological polar surface area (TPSA) is 53.0 Å². The fourth-order valence-corrected chi connectivity index (χ4v) is 4.48. The minimum absolute atomic E-state index is 0.136. The summed E-state index contributed by atoms with van der Waals surface area (Å²) in [5, 5.41) is 5.31. The SMILES string of the molecule is CCN(CC)c1ccc(C=NN2C(=O)[C@@H]3[C@H](C2=O)[C@H]2C=C[C@H]3C2)cc1. The van der Waals surface area contributed by atoms with E-state index in [1.165, 1.54) is 0 Å². The first-order valence-corrected chi connectivity index (χ1v) is 9.09. The lowest BCUT2D eigenvalue weighted by Gasteiger charge is -2.20. The van der Waals surface area contributed by atoms with Crippen molar-refractivity contribution >= 4 is 23.7 Å². The first-order valence-electron chi connectivity index (χ1n) is 9.09. The van der Waals surface area contributed by atoms with Gasteiger partial charge < -0.3 is 4.90 Å². The van der Waals surface area contributed by atoms with Crippen LogP contribution in [0.2, 0.25) is 0 Å². The minimum atomic E-state index is -0.190. The van der Waals surface area contributed by atoms with Crippen LogP contribution in [0.15, 0.2) is 41.5 Å². The highest BCUT2D eigenvalue weighted by Gasteiger charge is 2.59. The van der Waals surface area contributed by atoms with Gasteiger partial charge in [0.15, 0.2) is 0 Å². The molecule has 3 aliphatic rings. The number of hydrazone groups is 1. The van der Waals surface area contributed by atoms with Crippen molar-refractivity contribution < 1.29 is 9.59 Å². The van der Waals surface area contributed by atoms with Gasteiger partial charge in [-0.05, 0) is 49.8 Å². The van der Waals surface area contributed by atoms with Crippen LogP contribution in [0.25, 0.3) is 0 Å². The zero-order chi connectivity index (χ0) is 17.6. The number of carbonyl (C=O) groups excluding carboxylic acids is 2. The lowest BCUT2D eigenvalue weighted by molar-refractivity contribution is -0.140. The number of hydrogen-bond acceptors (Lipinski definition) is 4. The maximum absolute atomic E-state index is 12.6. The van der Waals surface area contributed by atoms with Crippen molar-refractivity contribution in [3.8, 4) is 0 Å². The molecule has 1 aromatic carbocycles. The number of nitrogens with zero attached hydrogens (tertiary/aromatic N) is 3. The molecule has 130 valence electrons. The second-order valence-electron chi connectivity index (χ2n) is 7.00. The van der Waals surface area contributed by atoms with Gasteiger partial charge in [-0.2, -0.15) is 10.1 Å². The van der Waals surface area contributed by atoms with Crippen LogP contribution in [0.3, 0.4) is 0 Å². The molecule has 4 rings (SSSR count). The van der Waals surface area contributed by atoms with E-state index in [0.717, 1.165) is 35.8 Å². The summed E-state index contributed by atoms with van der Waals surface area (Å²) in [6.07, 6.45) is 6.74. The average Bonchev–Trinajstić information content (AvgIpc) is 3.30. The van der Waals surface area contributed by atoms with E-state index < -0.39 is 0 Å². The molecule has 0 spiro atoms. The highest BCUT2D eigenvalue weighted by Crippen LogP contribution is 2.52. The number of imide groups is 1. The number of amides is 2. The van der Waals surface area contributed by atoms with Crippen LogP contribution < -0.4 is 4.90 Å². The monoisotopic (exact) mass is 337 g/mol. The maximum Gasteiger partial charge on any atom is 0.254 e. The number of anilines is 1. The molecule has 5 nitrogen and oxygen atoms in total. The summed E-state index contributed by atoms with van der Waals surface area (Å²) < 4.78 is 0. The summed E-state index contributed by atoms with van der Waals surface area (Å²) in [5.41, 5.74) is 2.04. The van der Waals surface area contributed by atoms with Crippen LogP contribution in [0.5, 0.6) is 0 Å². The van der Waals surface area contributed by atoms with Gasteiger partial charge in [0.25, 0.3) is 11.8 Å². The van der Waals surface area contributed by atoms with Crippen molar-refractivity contribution in [2.24, 2.45) is 28.8 Å². The van der Waals surface area contributed by atoms with Gasteiger partial charge in [-0.15, -0.1) is 0 Å². The van der Waals surface area contributed by atoms with E-state index in [9.17, 15) is 9.59 Å². The van der Waals surface area contributed by atoms with Crippen LogP contribution in [-0.4, -0.2) is 36.1 Å². The van der Waals surface area contributed by atoms with Crippen LogP contribution in [0, 0.1) is 23.7 Å². The fourth-order valence-electron chi connectivity index (χ4n) is 4.48. The third-order valence-electron chi connectivity index (χ3n) is 5.79. The quantitative estimate of drug-likeness (QED) is 0.471. The zero-order valence-electron chi connectivity index (χ0n) is 14.6. The van der Waals surface area contributed by atoms with Crippen molar-refractivity contribution in [2.75, 3.05) is 18.0 Å². The lowest BCUT2D eigenvalue weighted by atomic mass is 9.85. The highest BCUT2D eigenvalue weighted by atomic mass is 16.2. The third kappa shape index (κ3) is 2.49. The van der Waals surface area contributed by atoms with Crippen LogP contribution in [-0.2, 0) is 9.59 Å². The van der Waals surface area contributed by atoms with Crippen LogP contribution in [0.1, 0.15) is 25.8 Å². The van der Waals surface area contributed by atoms with E-state index >= 15 is 0 Å². The predicted molar refractivity (Wildman–Crippen MR) is 97.2 cm³/mol. The minimum Gasteiger partial charge on any atom is -0.372 e. The molecule has 1 aromatic rings. The largest absolute Gasteiger partial charge is 0.372 e. The molecule has 2 amide bonds. The first-order chi connectivity index (χ1) is 12.1. The van der Waals surface area contributed by atoms with Crippen molar-refractivity contribution in [2.45, 2.75) is 20.3 Å². The van der Waals surface area contributed by atoms with E-state index in [2.05, 4.69) is 36.0 Å². The Morgan fingerprint density at radius 2 is 1.60 bits per heavy atom. The Bertz CT molecular complexity index is 719. The Morgan fingerprint density at radius 1 is 1.04 bits per heavy atom. The number of rotatable bonds is 5. The number of hydrogen-bond donors (Lipinski definition) is 0. The standard InChI is InChI=1S/C20H23N3O2/c1-3-22(4-2)16-9-5-13(6-10-16)12-21-23-19(24)17-14-7-8-15(11-14)18(17)20(23)25/h5-10,12,14-15,17-18H,3-4,11H2,1-2H3/t14-,15-,17-,18+/m0/s1. The molecule has 25 heavy (non-hydrogen) atoms. The lowest BCUT2D eigenvalue weighted by Crippen LogP contribution is -2.28. The number of fused-ring (bicyclic) bond motifs is 5. The first kappa shape index (κ1) is 16.1. The summed E-state index contributed by atoms with van der Waals surface area (Å²) in [7, 11) is 0. The Labute approximate surface area is 148 Å². The molecule has 1 saturated carbocycles. The molecule has 2 fully saturated rings. The van der Waals surface area contributed by atoms with E-state index in [1.807, 2.05) is 24.3 Å². The Morgan fingerprint density at radius 3 is 2.12 bits per heavy atom. The van der Waals surface area contributed by atoms with E-state index in [1.54, 1.807) is 6.21 Å².